The number of aliphatic hydroxyl groups is 1. The van der Waals surface area contributed by atoms with E-state index in [0.717, 1.165) is 24.0 Å². The molecule has 4 rings (SSSR count). The highest BCUT2D eigenvalue weighted by Gasteiger charge is 2.37. The first-order chi connectivity index (χ1) is 24.0. The van der Waals surface area contributed by atoms with Crippen LogP contribution in [0, 0.1) is 0 Å². The Balaban J connectivity index is 1.71. The van der Waals surface area contributed by atoms with E-state index in [1.807, 2.05) is 59.7 Å². The lowest BCUT2D eigenvalue weighted by Crippen LogP contribution is -2.54. The average molecular weight is 713 g/mol. The van der Waals surface area contributed by atoms with Crippen LogP contribution < -0.4 is 15.4 Å². The standard InChI is InChI=1S/C35H52N8O8/c1-10-11-24(14-17-44)37-29-28-25(38-30(39-29)40-31(45)49-9)19-36-43(28)20-23-13-12-22(18-27(23)48-8)26-21-41(32(46)50-34(2,3)4)15-16-42(26)33(47)51-35(5,6)7/h12-13,18-19,24,26,44H,10-11,14-17,20-21H2,1-9H3,(H2,37,38,39,40,45). The number of methoxy groups -OCH3 is 2. The fourth-order valence-corrected chi connectivity index (χ4v) is 5.76. The first kappa shape index (κ1) is 38.9. The van der Waals surface area contributed by atoms with Crippen LogP contribution in [0.3, 0.4) is 0 Å². The number of ether oxygens (including phenoxy) is 4. The minimum Gasteiger partial charge on any atom is -0.496 e. The summed E-state index contributed by atoms with van der Waals surface area (Å²) in [6.45, 7) is 13.9. The number of hydrogen-bond donors (Lipinski definition) is 3. The SMILES string of the molecule is CCCC(CCO)Nc1nc(NC(=O)OC)nc2cnn(Cc3ccc(C4CN(C(=O)OC(C)(C)C)CCN4C(=O)OC(C)(C)C)cc3OC)c12. The molecule has 3 aromatic rings. The molecule has 0 spiro atoms. The van der Waals surface area contributed by atoms with Crippen LogP contribution in [-0.2, 0) is 20.8 Å². The molecule has 1 aliphatic rings. The molecule has 16 nitrogen and oxygen atoms in total. The van der Waals surface area contributed by atoms with E-state index in [-0.39, 0.29) is 38.2 Å². The van der Waals surface area contributed by atoms with Gasteiger partial charge in [-0.3, -0.25) is 14.9 Å². The Morgan fingerprint density at radius 1 is 1.00 bits per heavy atom. The van der Waals surface area contributed by atoms with Crippen molar-refractivity contribution in [2.45, 2.75) is 97.6 Å². The first-order valence-corrected chi connectivity index (χ1v) is 17.2. The van der Waals surface area contributed by atoms with Crippen molar-refractivity contribution in [3.63, 3.8) is 0 Å². The van der Waals surface area contributed by atoms with Gasteiger partial charge in [-0.1, -0.05) is 25.5 Å². The lowest BCUT2D eigenvalue weighted by Gasteiger charge is -2.42. The Bertz CT molecular complexity index is 1680. The molecule has 51 heavy (non-hydrogen) atoms. The molecule has 0 aliphatic carbocycles. The van der Waals surface area contributed by atoms with Crippen molar-refractivity contribution < 1.29 is 38.4 Å². The zero-order chi connectivity index (χ0) is 37.5. The Hall–Kier alpha value is -4.86. The van der Waals surface area contributed by atoms with Gasteiger partial charge < -0.3 is 34.3 Å². The number of rotatable bonds is 11. The zero-order valence-electron chi connectivity index (χ0n) is 31.1. The lowest BCUT2D eigenvalue weighted by atomic mass is 10.00. The Labute approximate surface area is 298 Å². The van der Waals surface area contributed by atoms with Gasteiger partial charge in [-0.25, -0.2) is 19.4 Å². The number of carbonyl (C=O) groups is 3. The van der Waals surface area contributed by atoms with Crippen molar-refractivity contribution in [3.05, 3.63) is 35.5 Å². The molecule has 1 aromatic carbocycles. The first-order valence-electron chi connectivity index (χ1n) is 17.2. The fourth-order valence-electron chi connectivity index (χ4n) is 5.76. The highest BCUT2D eigenvalue weighted by molar-refractivity contribution is 5.89. The summed E-state index contributed by atoms with van der Waals surface area (Å²) in [7, 11) is 2.82. The summed E-state index contributed by atoms with van der Waals surface area (Å²) >= 11 is 0. The van der Waals surface area contributed by atoms with Crippen molar-refractivity contribution in [2.24, 2.45) is 0 Å². The monoisotopic (exact) mass is 712 g/mol. The molecule has 2 aromatic heterocycles. The Morgan fingerprint density at radius 2 is 1.71 bits per heavy atom. The topological polar surface area (TPSA) is 182 Å². The molecular weight excluding hydrogens is 660 g/mol. The summed E-state index contributed by atoms with van der Waals surface area (Å²) in [5.74, 6) is 1.02. The Morgan fingerprint density at radius 3 is 2.33 bits per heavy atom. The molecule has 1 saturated heterocycles. The zero-order valence-corrected chi connectivity index (χ0v) is 31.1. The molecular formula is C35H52N8O8. The third-order valence-electron chi connectivity index (χ3n) is 8.02. The van der Waals surface area contributed by atoms with E-state index >= 15 is 0 Å². The van der Waals surface area contributed by atoms with Gasteiger partial charge in [-0.15, -0.1) is 0 Å². The third-order valence-corrected chi connectivity index (χ3v) is 8.02. The number of nitrogens with zero attached hydrogens (tertiary/aromatic N) is 6. The van der Waals surface area contributed by atoms with Crippen molar-refractivity contribution in [1.82, 2.24) is 29.5 Å². The van der Waals surface area contributed by atoms with Crippen LogP contribution in [0.25, 0.3) is 11.0 Å². The normalized spacial score (nSPS) is 15.7. The molecule has 3 N–H and O–H groups in total. The molecule has 3 amide bonds. The van der Waals surface area contributed by atoms with Crippen molar-refractivity contribution >= 4 is 41.1 Å². The summed E-state index contributed by atoms with van der Waals surface area (Å²) in [6, 6.07) is 5.02. The third kappa shape index (κ3) is 10.3. The van der Waals surface area contributed by atoms with E-state index in [1.54, 1.807) is 27.8 Å². The number of aromatic nitrogens is 4. The van der Waals surface area contributed by atoms with E-state index in [0.29, 0.717) is 35.6 Å². The molecule has 0 saturated carbocycles. The summed E-state index contributed by atoms with van der Waals surface area (Å²) in [5.41, 5.74) is 1.21. The van der Waals surface area contributed by atoms with Crippen LogP contribution in [0.4, 0.5) is 26.1 Å². The van der Waals surface area contributed by atoms with Crippen LogP contribution in [0.15, 0.2) is 24.4 Å². The van der Waals surface area contributed by atoms with Gasteiger partial charge in [0.2, 0.25) is 5.95 Å². The largest absolute Gasteiger partial charge is 0.496 e. The maximum absolute atomic E-state index is 13.4. The van der Waals surface area contributed by atoms with E-state index in [2.05, 4.69) is 32.6 Å². The highest BCUT2D eigenvalue weighted by Crippen LogP contribution is 2.33. The van der Waals surface area contributed by atoms with Gasteiger partial charge >= 0.3 is 18.3 Å². The van der Waals surface area contributed by atoms with E-state index in [4.69, 9.17) is 18.9 Å². The van der Waals surface area contributed by atoms with Gasteiger partial charge in [0.05, 0.1) is 33.0 Å². The number of anilines is 2. The van der Waals surface area contributed by atoms with Crippen LogP contribution in [0.1, 0.15) is 84.9 Å². The van der Waals surface area contributed by atoms with E-state index < -0.39 is 35.5 Å². The van der Waals surface area contributed by atoms with Gasteiger partial charge in [-0.05, 0) is 66.0 Å². The van der Waals surface area contributed by atoms with Crippen LogP contribution in [0.5, 0.6) is 5.75 Å². The van der Waals surface area contributed by atoms with E-state index in [1.165, 1.54) is 7.11 Å². The number of piperazine rings is 1. The highest BCUT2D eigenvalue weighted by atomic mass is 16.6. The molecule has 2 atom stereocenters. The maximum Gasteiger partial charge on any atom is 0.413 e. The van der Waals surface area contributed by atoms with Crippen molar-refractivity contribution in [1.29, 1.82) is 0 Å². The van der Waals surface area contributed by atoms with Crippen LogP contribution >= 0.6 is 0 Å². The molecule has 0 bridgehead atoms. The molecule has 1 fully saturated rings. The molecule has 3 heterocycles. The van der Waals surface area contributed by atoms with Gasteiger partial charge in [0.15, 0.2) is 5.82 Å². The van der Waals surface area contributed by atoms with Gasteiger partial charge in [-0.2, -0.15) is 10.1 Å². The minimum absolute atomic E-state index is 0.0101. The molecule has 280 valence electrons. The number of hydrogen-bond acceptors (Lipinski definition) is 12. The number of carbonyl (C=O) groups excluding carboxylic acids is 3. The van der Waals surface area contributed by atoms with Gasteiger partial charge in [0.25, 0.3) is 0 Å². The summed E-state index contributed by atoms with van der Waals surface area (Å²) in [5, 5.41) is 20.2. The smallest absolute Gasteiger partial charge is 0.413 e. The summed E-state index contributed by atoms with van der Waals surface area (Å²) in [6.07, 6.45) is 2.09. The van der Waals surface area contributed by atoms with Crippen molar-refractivity contribution in [2.75, 3.05) is 51.1 Å². The molecule has 2 unspecified atom stereocenters. The fraction of sp³-hybridized carbons (Fsp3) is 0.600. The number of benzene rings is 1. The molecule has 0 radical (unpaired) electrons. The molecule has 16 heteroatoms. The summed E-state index contributed by atoms with van der Waals surface area (Å²) < 4.78 is 23.7. The number of amides is 3. The average Bonchev–Trinajstić information content (AvgIpc) is 3.45. The predicted octanol–water partition coefficient (Wildman–Crippen LogP) is 5.55. The van der Waals surface area contributed by atoms with Gasteiger partial charge in [0, 0.05) is 37.8 Å². The number of fused-ring (bicyclic) bond motifs is 1. The Kier molecular flexibility index (Phi) is 12.6. The quantitative estimate of drug-likeness (QED) is 0.211. The van der Waals surface area contributed by atoms with Gasteiger partial charge in [0.1, 0.15) is 28.0 Å². The number of nitrogens with one attached hydrogen (secondary N) is 2. The van der Waals surface area contributed by atoms with Crippen molar-refractivity contribution in [3.8, 4) is 5.75 Å². The molecule has 1 aliphatic heterocycles. The second kappa shape index (κ2) is 16.4. The van der Waals surface area contributed by atoms with E-state index in [9.17, 15) is 19.5 Å². The second-order valence-corrected chi connectivity index (χ2v) is 14.4. The van der Waals surface area contributed by atoms with Crippen LogP contribution in [-0.4, -0.2) is 111 Å². The number of aliphatic hydroxyl groups excluding tert-OH is 1. The maximum atomic E-state index is 13.4. The lowest BCUT2D eigenvalue weighted by molar-refractivity contribution is -0.0152. The second-order valence-electron chi connectivity index (χ2n) is 14.4. The summed E-state index contributed by atoms with van der Waals surface area (Å²) in [4.78, 5) is 50.8. The minimum atomic E-state index is -0.713. The predicted molar refractivity (Wildman–Crippen MR) is 191 cm³/mol. The van der Waals surface area contributed by atoms with Crippen LogP contribution in [0.2, 0.25) is 0 Å².